The summed E-state index contributed by atoms with van der Waals surface area (Å²) in [7, 11) is 0. The Hall–Kier alpha value is -1.83. The second-order valence-electron chi connectivity index (χ2n) is 2.94. The van der Waals surface area contributed by atoms with Gasteiger partial charge in [0.15, 0.2) is 0 Å². The van der Waals surface area contributed by atoms with Gasteiger partial charge >= 0.3 is 0 Å². The summed E-state index contributed by atoms with van der Waals surface area (Å²) in [4.78, 5) is 4.23. The molecule has 0 bridgehead atoms. The molecule has 1 aromatic carbocycles. The molecule has 0 saturated carbocycles. The van der Waals surface area contributed by atoms with Gasteiger partial charge in [0.2, 0.25) is 0 Å². The highest BCUT2D eigenvalue weighted by atomic mass is 14.6. The molecule has 13 heavy (non-hydrogen) atoms. The first-order chi connectivity index (χ1) is 6.27. The maximum Gasteiger partial charge on any atom is 0.0708 e. The largest absolute Gasteiger partial charge is 0.399 e. The number of pyridine rings is 1. The van der Waals surface area contributed by atoms with Crippen molar-refractivity contribution >= 4 is 16.6 Å². The van der Waals surface area contributed by atoms with Crippen LogP contribution in [0.2, 0.25) is 0 Å². The van der Waals surface area contributed by atoms with Gasteiger partial charge in [-0.05, 0) is 17.7 Å². The summed E-state index contributed by atoms with van der Waals surface area (Å²) >= 11 is 0. The van der Waals surface area contributed by atoms with E-state index in [9.17, 15) is 0 Å². The van der Waals surface area contributed by atoms with E-state index in [0.717, 1.165) is 16.5 Å². The van der Waals surface area contributed by atoms with Gasteiger partial charge in [0, 0.05) is 18.7 Å². The monoisotopic (exact) mass is 172 g/mol. The van der Waals surface area contributed by atoms with E-state index >= 15 is 0 Å². The van der Waals surface area contributed by atoms with Gasteiger partial charge in [0.25, 0.3) is 0 Å². The lowest BCUT2D eigenvalue weighted by Gasteiger charge is -2.01. The number of hydrogen-bond donors (Lipinski definition) is 1. The van der Waals surface area contributed by atoms with E-state index in [0.29, 0.717) is 5.70 Å². The number of benzene rings is 1. The number of nitrogens with two attached hydrogens (primary N) is 1. The van der Waals surface area contributed by atoms with Crippen LogP contribution in [0.25, 0.3) is 16.6 Å². The minimum Gasteiger partial charge on any atom is -0.399 e. The molecular weight excluding hydrogens is 160 g/mol. The summed E-state index contributed by atoms with van der Waals surface area (Å²) in [5.41, 5.74) is 8.05. The standard InChI is InChI=1S/C11H10N2.H2/c1-8(12)10-5-4-9-3-2-6-13-11(9)7-10;/h2-7H,1,12H2;1H. The number of nitrogens with zero attached hydrogens (tertiary/aromatic N) is 1. The van der Waals surface area contributed by atoms with E-state index in [-0.39, 0.29) is 1.43 Å². The summed E-state index contributed by atoms with van der Waals surface area (Å²) in [6, 6.07) is 9.82. The van der Waals surface area contributed by atoms with Crippen LogP contribution < -0.4 is 5.73 Å². The Morgan fingerprint density at radius 1 is 1.38 bits per heavy atom. The SMILES string of the molecule is C=C(N)c1ccc2cccnc2c1.[HH]. The molecule has 66 valence electrons. The second kappa shape index (κ2) is 2.90. The number of aromatic nitrogens is 1. The first-order valence-electron chi connectivity index (χ1n) is 4.07. The highest BCUT2D eigenvalue weighted by Crippen LogP contribution is 2.15. The Labute approximate surface area is 78.2 Å². The zero-order chi connectivity index (χ0) is 9.26. The maximum atomic E-state index is 5.58. The van der Waals surface area contributed by atoms with Gasteiger partial charge in [0.05, 0.1) is 5.52 Å². The summed E-state index contributed by atoms with van der Waals surface area (Å²) < 4.78 is 0. The van der Waals surface area contributed by atoms with E-state index < -0.39 is 0 Å². The quantitative estimate of drug-likeness (QED) is 0.717. The van der Waals surface area contributed by atoms with E-state index in [1.54, 1.807) is 6.20 Å². The van der Waals surface area contributed by atoms with E-state index in [1.807, 2.05) is 30.3 Å². The van der Waals surface area contributed by atoms with Crippen LogP contribution in [-0.4, -0.2) is 4.98 Å². The Balaban J connectivity index is 0.000000980. The normalized spacial score (nSPS) is 10.2. The van der Waals surface area contributed by atoms with Crippen LogP contribution in [0, 0.1) is 0 Å². The molecule has 0 amide bonds. The fourth-order valence-electron chi connectivity index (χ4n) is 1.27. The zero-order valence-electron chi connectivity index (χ0n) is 7.20. The molecule has 0 aliphatic rings. The molecule has 0 aliphatic carbocycles. The Morgan fingerprint density at radius 2 is 2.23 bits per heavy atom. The van der Waals surface area contributed by atoms with Crippen LogP contribution in [0.5, 0.6) is 0 Å². The zero-order valence-corrected chi connectivity index (χ0v) is 7.20. The molecule has 2 heteroatoms. The molecule has 0 spiro atoms. The molecule has 0 fully saturated rings. The van der Waals surface area contributed by atoms with Gasteiger partial charge in [-0.15, -0.1) is 0 Å². The van der Waals surface area contributed by atoms with Crippen molar-refractivity contribution in [3.8, 4) is 0 Å². The van der Waals surface area contributed by atoms with E-state index in [1.165, 1.54) is 0 Å². The topological polar surface area (TPSA) is 38.9 Å². The van der Waals surface area contributed by atoms with Crippen molar-refractivity contribution < 1.29 is 1.43 Å². The number of hydrogen-bond acceptors (Lipinski definition) is 2. The molecule has 1 heterocycles. The van der Waals surface area contributed by atoms with Crippen molar-refractivity contribution in [1.29, 1.82) is 0 Å². The molecule has 0 aliphatic heterocycles. The lowest BCUT2D eigenvalue weighted by atomic mass is 10.1. The molecule has 1 aromatic heterocycles. The van der Waals surface area contributed by atoms with Gasteiger partial charge in [-0.1, -0.05) is 24.8 Å². The van der Waals surface area contributed by atoms with Crippen molar-refractivity contribution in [3.63, 3.8) is 0 Å². The minimum absolute atomic E-state index is 0. The van der Waals surface area contributed by atoms with Crippen LogP contribution in [0.3, 0.4) is 0 Å². The van der Waals surface area contributed by atoms with E-state index in [4.69, 9.17) is 5.73 Å². The predicted octanol–water partition coefficient (Wildman–Crippen LogP) is 2.41. The van der Waals surface area contributed by atoms with Gasteiger partial charge < -0.3 is 5.73 Å². The first kappa shape index (κ1) is 7.80. The molecule has 2 N–H and O–H groups in total. The van der Waals surface area contributed by atoms with Gasteiger partial charge in [-0.25, -0.2) is 0 Å². The molecule has 2 aromatic rings. The minimum atomic E-state index is 0. The Bertz CT molecular complexity index is 466. The number of rotatable bonds is 1. The number of fused-ring (bicyclic) bond motifs is 1. The third-order valence-corrected chi connectivity index (χ3v) is 1.98. The summed E-state index contributed by atoms with van der Waals surface area (Å²) in [6.45, 7) is 3.68. The second-order valence-corrected chi connectivity index (χ2v) is 2.94. The van der Waals surface area contributed by atoms with Gasteiger partial charge in [-0.3, -0.25) is 4.98 Å². The van der Waals surface area contributed by atoms with Crippen LogP contribution in [0.4, 0.5) is 0 Å². The highest BCUT2D eigenvalue weighted by Gasteiger charge is 1.96. The Kier molecular flexibility index (Phi) is 1.74. The molecule has 2 nitrogen and oxygen atoms in total. The van der Waals surface area contributed by atoms with Gasteiger partial charge in [0.1, 0.15) is 0 Å². The third-order valence-electron chi connectivity index (χ3n) is 1.98. The van der Waals surface area contributed by atoms with Crippen LogP contribution in [0.1, 0.15) is 6.99 Å². The van der Waals surface area contributed by atoms with Crippen molar-refractivity contribution in [2.24, 2.45) is 5.73 Å². The van der Waals surface area contributed by atoms with Crippen LogP contribution >= 0.6 is 0 Å². The fraction of sp³-hybridized carbons (Fsp3) is 0. The van der Waals surface area contributed by atoms with Gasteiger partial charge in [-0.2, -0.15) is 0 Å². The average Bonchev–Trinajstić information content (AvgIpc) is 2.17. The molecular formula is C11H12N2. The molecule has 0 unspecified atom stereocenters. The fourth-order valence-corrected chi connectivity index (χ4v) is 1.27. The summed E-state index contributed by atoms with van der Waals surface area (Å²) in [6.07, 6.45) is 1.77. The third kappa shape index (κ3) is 1.38. The molecule has 0 radical (unpaired) electrons. The summed E-state index contributed by atoms with van der Waals surface area (Å²) in [5, 5.41) is 1.12. The smallest absolute Gasteiger partial charge is 0.0708 e. The van der Waals surface area contributed by atoms with Crippen molar-refractivity contribution in [1.82, 2.24) is 4.98 Å². The van der Waals surface area contributed by atoms with Crippen molar-refractivity contribution in [3.05, 3.63) is 48.7 Å². The van der Waals surface area contributed by atoms with Crippen molar-refractivity contribution in [2.45, 2.75) is 0 Å². The van der Waals surface area contributed by atoms with E-state index in [2.05, 4.69) is 11.6 Å². The maximum absolute atomic E-state index is 5.58. The first-order valence-corrected chi connectivity index (χ1v) is 4.07. The van der Waals surface area contributed by atoms with Crippen molar-refractivity contribution in [2.75, 3.05) is 0 Å². The highest BCUT2D eigenvalue weighted by molar-refractivity contribution is 5.82. The summed E-state index contributed by atoms with van der Waals surface area (Å²) in [5.74, 6) is 0. The predicted molar refractivity (Wildman–Crippen MR) is 57.1 cm³/mol. The van der Waals surface area contributed by atoms with Crippen LogP contribution in [0.15, 0.2) is 43.1 Å². The average molecular weight is 172 g/mol. The lowest BCUT2D eigenvalue weighted by Crippen LogP contribution is -1.93. The molecule has 2 rings (SSSR count). The molecule has 0 saturated heterocycles. The molecule has 0 atom stereocenters. The Morgan fingerprint density at radius 3 is 3.00 bits per heavy atom. The van der Waals surface area contributed by atoms with Crippen LogP contribution in [-0.2, 0) is 0 Å². The lowest BCUT2D eigenvalue weighted by molar-refractivity contribution is 1.40.